The van der Waals surface area contributed by atoms with Crippen LogP contribution >= 0.6 is 12.4 Å². The van der Waals surface area contributed by atoms with Crippen LogP contribution in [0.3, 0.4) is 0 Å². The van der Waals surface area contributed by atoms with E-state index >= 15 is 0 Å². The van der Waals surface area contributed by atoms with E-state index in [-0.39, 0.29) is 49.2 Å². The molecule has 0 aromatic heterocycles. The van der Waals surface area contributed by atoms with E-state index in [0.717, 1.165) is 19.3 Å². The number of fused-ring (bicyclic) bond motifs is 1. The molecule has 2 aliphatic rings. The Bertz CT molecular complexity index is 730. The number of hydrogen-bond donors (Lipinski definition) is 2. The second-order valence-corrected chi connectivity index (χ2v) is 7.13. The van der Waals surface area contributed by atoms with Crippen molar-refractivity contribution in [3.05, 3.63) is 24.3 Å². The first-order chi connectivity index (χ1) is 13.6. The average Bonchev–Trinajstić information content (AvgIpc) is 2.72. The summed E-state index contributed by atoms with van der Waals surface area (Å²) < 4.78 is 5.44. The molecule has 1 aromatic rings. The number of nitrogens with zero attached hydrogens (tertiary/aromatic N) is 2. The normalized spacial score (nSPS) is 18.4. The number of rotatable bonds is 7. The molecule has 3 amide bonds. The minimum atomic E-state index is -0.143. The third kappa shape index (κ3) is 5.83. The van der Waals surface area contributed by atoms with E-state index in [9.17, 15) is 14.4 Å². The summed E-state index contributed by atoms with van der Waals surface area (Å²) in [7, 11) is 0. The Morgan fingerprint density at radius 2 is 2.00 bits per heavy atom. The number of halogens is 1. The summed E-state index contributed by atoms with van der Waals surface area (Å²) in [6, 6.07) is 7.35. The highest BCUT2D eigenvalue weighted by molar-refractivity contribution is 5.98. The number of ether oxygens (including phenoxy) is 1. The highest BCUT2D eigenvalue weighted by Crippen LogP contribution is 2.31. The number of carbonyl (C=O) groups excluding carboxylic acids is 3. The molecule has 8 nitrogen and oxygen atoms in total. The van der Waals surface area contributed by atoms with Crippen LogP contribution in [0.2, 0.25) is 0 Å². The molecule has 0 aliphatic carbocycles. The van der Waals surface area contributed by atoms with Gasteiger partial charge in [0.15, 0.2) is 6.61 Å². The third-order valence-electron chi connectivity index (χ3n) is 5.21. The summed E-state index contributed by atoms with van der Waals surface area (Å²) in [5.41, 5.74) is 6.11. The summed E-state index contributed by atoms with van der Waals surface area (Å²) in [5, 5.41) is 2.87. The number of piperidine rings is 1. The van der Waals surface area contributed by atoms with Crippen molar-refractivity contribution in [1.29, 1.82) is 0 Å². The summed E-state index contributed by atoms with van der Waals surface area (Å²) in [6.07, 6.45) is 3.40. The second-order valence-electron chi connectivity index (χ2n) is 7.13. The number of hydrogen-bond acceptors (Lipinski definition) is 5. The average molecular weight is 425 g/mol. The molecule has 1 atom stereocenters. The van der Waals surface area contributed by atoms with Crippen LogP contribution in [0.25, 0.3) is 0 Å². The first-order valence-corrected chi connectivity index (χ1v) is 9.88. The first kappa shape index (κ1) is 23.0. The predicted octanol–water partition coefficient (Wildman–Crippen LogP) is 1.07. The maximum atomic E-state index is 12.9. The lowest BCUT2D eigenvalue weighted by Gasteiger charge is -2.37. The fourth-order valence-corrected chi connectivity index (χ4v) is 3.74. The number of nitrogens with one attached hydrogen (secondary N) is 1. The van der Waals surface area contributed by atoms with Crippen molar-refractivity contribution in [3.63, 3.8) is 0 Å². The fourth-order valence-electron chi connectivity index (χ4n) is 3.74. The van der Waals surface area contributed by atoms with Crippen LogP contribution in [0.5, 0.6) is 5.75 Å². The smallest absolute Gasteiger partial charge is 0.265 e. The number of benzene rings is 1. The van der Waals surface area contributed by atoms with E-state index in [0.29, 0.717) is 44.0 Å². The zero-order valence-electron chi connectivity index (χ0n) is 16.5. The number of amides is 3. The van der Waals surface area contributed by atoms with Gasteiger partial charge in [0.05, 0.1) is 5.69 Å². The van der Waals surface area contributed by atoms with Gasteiger partial charge in [-0.2, -0.15) is 0 Å². The van der Waals surface area contributed by atoms with Crippen molar-refractivity contribution in [3.8, 4) is 5.75 Å². The largest absolute Gasteiger partial charge is 0.482 e. The fraction of sp³-hybridized carbons (Fsp3) is 0.550. The highest BCUT2D eigenvalue weighted by atomic mass is 35.5. The molecular weight excluding hydrogens is 396 g/mol. The van der Waals surface area contributed by atoms with E-state index in [1.807, 2.05) is 29.2 Å². The highest BCUT2D eigenvalue weighted by Gasteiger charge is 2.29. The molecule has 0 spiro atoms. The number of para-hydroxylation sites is 2. The van der Waals surface area contributed by atoms with Crippen molar-refractivity contribution in [2.24, 2.45) is 5.73 Å². The van der Waals surface area contributed by atoms with Crippen LogP contribution in [-0.2, 0) is 14.4 Å². The van der Waals surface area contributed by atoms with Gasteiger partial charge in [0.2, 0.25) is 11.8 Å². The van der Waals surface area contributed by atoms with Crippen LogP contribution < -0.4 is 20.7 Å². The molecule has 1 saturated heterocycles. The summed E-state index contributed by atoms with van der Waals surface area (Å²) >= 11 is 0. The van der Waals surface area contributed by atoms with Crippen molar-refractivity contribution in [1.82, 2.24) is 10.2 Å². The van der Waals surface area contributed by atoms with E-state index in [2.05, 4.69) is 5.32 Å². The molecular formula is C20H29ClN4O4. The van der Waals surface area contributed by atoms with Crippen molar-refractivity contribution >= 4 is 35.8 Å². The molecule has 0 radical (unpaired) electrons. The second kappa shape index (κ2) is 11.0. The van der Waals surface area contributed by atoms with Gasteiger partial charge in [-0.25, -0.2) is 0 Å². The van der Waals surface area contributed by atoms with E-state index < -0.39 is 0 Å². The van der Waals surface area contributed by atoms with Crippen molar-refractivity contribution < 1.29 is 19.1 Å². The molecule has 3 N–H and O–H groups in total. The van der Waals surface area contributed by atoms with Gasteiger partial charge in [-0.05, 0) is 31.4 Å². The minimum absolute atomic E-state index is 0. The van der Waals surface area contributed by atoms with Crippen LogP contribution in [-0.4, -0.2) is 61.4 Å². The SMILES string of the molecule is Cl.NCCC(=O)NCC1CCCCN1C(=O)CCN1C(=O)COc2ccccc21. The van der Waals surface area contributed by atoms with Gasteiger partial charge in [-0.15, -0.1) is 12.4 Å². The van der Waals surface area contributed by atoms with E-state index in [1.165, 1.54) is 0 Å². The summed E-state index contributed by atoms with van der Waals surface area (Å²) in [4.78, 5) is 40.3. The van der Waals surface area contributed by atoms with E-state index in [1.54, 1.807) is 4.90 Å². The van der Waals surface area contributed by atoms with Crippen LogP contribution in [0.1, 0.15) is 32.1 Å². The lowest BCUT2D eigenvalue weighted by atomic mass is 10.0. The summed E-state index contributed by atoms with van der Waals surface area (Å²) in [6.45, 7) is 1.76. The molecule has 0 saturated carbocycles. The van der Waals surface area contributed by atoms with Crippen LogP contribution in [0.4, 0.5) is 5.69 Å². The van der Waals surface area contributed by atoms with Crippen molar-refractivity contribution in [2.75, 3.05) is 37.7 Å². The van der Waals surface area contributed by atoms with Gasteiger partial charge in [-0.3, -0.25) is 14.4 Å². The van der Waals surface area contributed by atoms with E-state index in [4.69, 9.17) is 10.5 Å². The molecule has 0 bridgehead atoms. The standard InChI is InChI=1S/C20H28N4O4.ClH/c21-10-8-18(25)22-13-15-5-3-4-11-23(15)19(26)9-12-24-16-6-1-2-7-17(16)28-14-20(24)27;/h1-2,6-7,15H,3-5,8-14,21H2,(H,22,25);1H. The Hall–Kier alpha value is -2.32. The third-order valence-corrected chi connectivity index (χ3v) is 5.21. The number of anilines is 1. The molecule has 1 fully saturated rings. The molecule has 29 heavy (non-hydrogen) atoms. The first-order valence-electron chi connectivity index (χ1n) is 9.88. The van der Waals surface area contributed by atoms with Gasteiger partial charge in [-0.1, -0.05) is 12.1 Å². The van der Waals surface area contributed by atoms with Gasteiger partial charge in [0.1, 0.15) is 5.75 Å². The number of nitrogens with two attached hydrogens (primary N) is 1. The topological polar surface area (TPSA) is 105 Å². The van der Waals surface area contributed by atoms with Gasteiger partial charge < -0.3 is 25.6 Å². The molecule has 1 aromatic carbocycles. The molecule has 1 unspecified atom stereocenters. The quantitative estimate of drug-likeness (QED) is 0.681. The number of likely N-dealkylation sites (tertiary alicyclic amines) is 1. The maximum Gasteiger partial charge on any atom is 0.265 e. The maximum absolute atomic E-state index is 12.9. The Morgan fingerprint density at radius 1 is 1.21 bits per heavy atom. The summed E-state index contributed by atoms with van der Waals surface area (Å²) in [5.74, 6) is 0.439. The predicted molar refractivity (Wildman–Crippen MR) is 112 cm³/mol. The van der Waals surface area contributed by atoms with Crippen LogP contribution in [0, 0.1) is 0 Å². The Labute approximate surface area is 177 Å². The van der Waals surface area contributed by atoms with Crippen LogP contribution in [0.15, 0.2) is 24.3 Å². The Balaban J connectivity index is 0.00000300. The number of carbonyl (C=O) groups is 3. The minimum Gasteiger partial charge on any atom is -0.482 e. The molecule has 3 rings (SSSR count). The lowest BCUT2D eigenvalue weighted by molar-refractivity contribution is -0.135. The van der Waals surface area contributed by atoms with Gasteiger partial charge in [0.25, 0.3) is 5.91 Å². The molecule has 160 valence electrons. The lowest BCUT2D eigenvalue weighted by Crippen LogP contribution is -2.50. The molecule has 9 heteroatoms. The van der Waals surface area contributed by atoms with Gasteiger partial charge >= 0.3 is 0 Å². The Kier molecular flexibility index (Phi) is 8.72. The monoisotopic (exact) mass is 424 g/mol. The zero-order chi connectivity index (χ0) is 19.9. The molecule has 2 aliphatic heterocycles. The van der Waals surface area contributed by atoms with Crippen molar-refractivity contribution in [2.45, 2.75) is 38.1 Å². The molecule has 2 heterocycles. The Morgan fingerprint density at radius 3 is 2.79 bits per heavy atom. The zero-order valence-corrected chi connectivity index (χ0v) is 17.3. The van der Waals surface area contributed by atoms with Gasteiger partial charge in [0, 0.05) is 45.1 Å².